The molecular weight excluding hydrogens is 385 g/mol. The molecule has 0 saturated heterocycles. The van der Waals surface area contributed by atoms with E-state index in [2.05, 4.69) is 15.7 Å². The first-order valence-corrected chi connectivity index (χ1v) is 8.97. The third-order valence-electron chi connectivity index (χ3n) is 4.20. The van der Waals surface area contributed by atoms with Crippen molar-refractivity contribution in [1.82, 2.24) is 9.78 Å². The van der Waals surface area contributed by atoms with Crippen molar-refractivity contribution in [3.8, 4) is 0 Å². The predicted octanol–water partition coefficient (Wildman–Crippen LogP) is 5.38. The molecule has 0 aliphatic carbocycles. The van der Waals surface area contributed by atoms with Crippen LogP contribution >= 0.6 is 12.2 Å². The number of hydrogen-bond donors (Lipinski definition) is 2. The number of rotatable bonds is 4. The molecule has 0 atom stereocenters. The van der Waals surface area contributed by atoms with E-state index >= 15 is 0 Å². The zero-order valence-corrected chi connectivity index (χ0v) is 16.2. The number of para-hydroxylation sites is 1. The minimum absolute atomic E-state index is 0.232. The Bertz CT molecular complexity index is 995. The second kappa shape index (κ2) is 8.02. The second-order valence-corrected chi connectivity index (χ2v) is 6.83. The van der Waals surface area contributed by atoms with Gasteiger partial charge in [-0.15, -0.1) is 0 Å². The van der Waals surface area contributed by atoms with Gasteiger partial charge in [0.1, 0.15) is 0 Å². The van der Waals surface area contributed by atoms with Crippen LogP contribution in [0.3, 0.4) is 0 Å². The quantitative estimate of drug-likeness (QED) is 0.573. The van der Waals surface area contributed by atoms with Gasteiger partial charge in [0.25, 0.3) is 0 Å². The highest BCUT2D eigenvalue weighted by Crippen LogP contribution is 2.29. The minimum atomic E-state index is -4.37. The fourth-order valence-corrected chi connectivity index (χ4v) is 2.95. The Morgan fingerprint density at radius 3 is 2.50 bits per heavy atom. The van der Waals surface area contributed by atoms with Crippen LogP contribution in [0, 0.1) is 13.8 Å². The summed E-state index contributed by atoms with van der Waals surface area (Å²) in [4.78, 5) is 0. The van der Waals surface area contributed by atoms with Crippen LogP contribution in [-0.4, -0.2) is 14.9 Å². The zero-order valence-electron chi connectivity index (χ0n) is 15.3. The lowest BCUT2D eigenvalue weighted by molar-refractivity contribution is -0.137. The molecule has 1 heterocycles. The van der Waals surface area contributed by atoms with Crippen molar-refractivity contribution in [2.75, 3.05) is 10.6 Å². The molecule has 0 amide bonds. The van der Waals surface area contributed by atoms with Gasteiger partial charge in [-0.1, -0.05) is 30.3 Å². The molecule has 1 aromatic heterocycles. The molecule has 8 heteroatoms. The number of hydrogen-bond acceptors (Lipinski definition) is 2. The van der Waals surface area contributed by atoms with E-state index in [1.807, 2.05) is 38.1 Å². The Labute approximate surface area is 166 Å². The van der Waals surface area contributed by atoms with Gasteiger partial charge < -0.3 is 10.6 Å². The van der Waals surface area contributed by atoms with Gasteiger partial charge in [-0.3, -0.25) is 4.68 Å². The van der Waals surface area contributed by atoms with Crippen molar-refractivity contribution in [3.63, 3.8) is 0 Å². The van der Waals surface area contributed by atoms with Crippen LogP contribution in [0.2, 0.25) is 0 Å². The molecule has 146 valence electrons. The Balaban J connectivity index is 1.70. The van der Waals surface area contributed by atoms with Gasteiger partial charge in [0.05, 0.1) is 12.1 Å². The fraction of sp³-hybridized carbons (Fsp3) is 0.200. The fourth-order valence-electron chi connectivity index (χ4n) is 2.73. The highest BCUT2D eigenvalue weighted by atomic mass is 32.1. The van der Waals surface area contributed by atoms with E-state index in [0.717, 1.165) is 29.1 Å². The van der Waals surface area contributed by atoms with E-state index in [1.54, 1.807) is 16.8 Å². The summed E-state index contributed by atoms with van der Waals surface area (Å²) in [6.07, 6.45) is -4.37. The lowest BCUT2D eigenvalue weighted by Crippen LogP contribution is -2.20. The van der Waals surface area contributed by atoms with Crippen molar-refractivity contribution in [1.29, 1.82) is 0 Å². The highest BCUT2D eigenvalue weighted by Gasteiger charge is 2.30. The van der Waals surface area contributed by atoms with Crippen molar-refractivity contribution < 1.29 is 13.2 Å². The van der Waals surface area contributed by atoms with E-state index < -0.39 is 11.7 Å². The Morgan fingerprint density at radius 1 is 1.04 bits per heavy atom. The molecule has 0 fully saturated rings. The lowest BCUT2D eigenvalue weighted by atomic mass is 10.1. The standard InChI is InChI=1S/C20H19F3N4S/c1-13-6-3-4-9-17(13)24-19(28)25-18-10-14(2)27(26-18)12-15-7-5-8-16(11-15)20(21,22)23/h3-11H,12H2,1-2H3,(H2,24,25,26,28). The molecule has 0 unspecified atom stereocenters. The van der Waals surface area contributed by atoms with Gasteiger partial charge in [-0.2, -0.15) is 18.3 Å². The molecule has 2 N–H and O–H groups in total. The third-order valence-corrected chi connectivity index (χ3v) is 4.41. The number of nitrogens with one attached hydrogen (secondary N) is 2. The first-order chi connectivity index (χ1) is 13.2. The second-order valence-electron chi connectivity index (χ2n) is 6.42. The highest BCUT2D eigenvalue weighted by molar-refractivity contribution is 7.80. The molecule has 0 aliphatic heterocycles. The maximum atomic E-state index is 12.9. The van der Waals surface area contributed by atoms with Crippen LogP contribution in [0.1, 0.15) is 22.4 Å². The van der Waals surface area contributed by atoms with Gasteiger partial charge in [0.15, 0.2) is 10.9 Å². The monoisotopic (exact) mass is 404 g/mol. The first-order valence-electron chi connectivity index (χ1n) is 8.56. The number of aromatic nitrogens is 2. The van der Waals surface area contributed by atoms with Crippen molar-refractivity contribution >= 4 is 28.8 Å². The lowest BCUT2D eigenvalue weighted by Gasteiger charge is -2.11. The summed E-state index contributed by atoms with van der Waals surface area (Å²) < 4.78 is 40.3. The van der Waals surface area contributed by atoms with Crippen LogP contribution in [0.15, 0.2) is 54.6 Å². The van der Waals surface area contributed by atoms with Crippen LogP contribution in [0.4, 0.5) is 24.7 Å². The maximum Gasteiger partial charge on any atom is 0.416 e. The first kappa shape index (κ1) is 19.9. The molecule has 0 radical (unpaired) electrons. The van der Waals surface area contributed by atoms with E-state index in [9.17, 15) is 13.2 Å². The summed E-state index contributed by atoms with van der Waals surface area (Å²) in [5.41, 5.74) is 2.60. The number of anilines is 2. The summed E-state index contributed by atoms with van der Waals surface area (Å²) in [6.45, 7) is 4.04. The zero-order chi connectivity index (χ0) is 20.3. The number of alkyl halides is 3. The summed E-state index contributed by atoms with van der Waals surface area (Å²) in [6, 6.07) is 14.8. The minimum Gasteiger partial charge on any atom is -0.332 e. The summed E-state index contributed by atoms with van der Waals surface area (Å²) in [5, 5.41) is 10.9. The molecule has 4 nitrogen and oxygen atoms in total. The third kappa shape index (κ3) is 4.89. The molecule has 0 saturated carbocycles. The predicted molar refractivity (Wildman–Crippen MR) is 109 cm³/mol. The molecule has 3 aromatic rings. The molecular formula is C20H19F3N4S. The number of nitrogens with zero attached hydrogens (tertiary/aromatic N) is 2. The van der Waals surface area contributed by atoms with Gasteiger partial charge >= 0.3 is 6.18 Å². The molecule has 0 aliphatic rings. The Morgan fingerprint density at radius 2 is 1.79 bits per heavy atom. The number of thiocarbonyl (C=S) groups is 1. The van der Waals surface area contributed by atoms with Crippen LogP contribution in [-0.2, 0) is 12.7 Å². The number of aryl methyl sites for hydroxylation is 2. The number of benzene rings is 2. The molecule has 0 spiro atoms. The van der Waals surface area contributed by atoms with Crippen LogP contribution in [0.5, 0.6) is 0 Å². The molecule has 0 bridgehead atoms. The largest absolute Gasteiger partial charge is 0.416 e. The SMILES string of the molecule is Cc1ccccc1NC(=S)Nc1cc(C)n(Cc2cccc(C(F)(F)F)c2)n1. The van der Waals surface area contributed by atoms with E-state index in [0.29, 0.717) is 16.5 Å². The average Bonchev–Trinajstić information content (AvgIpc) is 2.95. The van der Waals surface area contributed by atoms with Gasteiger partial charge in [0.2, 0.25) is 0 Å². The summed E-state index contributed by atoms with van der Waals surface area (Å²) in [5.74, 6) is 0.524. The summed E-state index contributed by atoms with van der Waals surface area (Å²) >= 11 is 5.32. The van der Waals surface area contributed by atoms with Crippen LogP contribution in [0.25, 0.3) is 0 Å². The van der Waals surface area contributed by atoms with Crippen molar-refractivity contribution in [3.05, 3.63) is 77.0 Å². The van der Waals surface area contributed by atoms with Gasteiger partial charge in [0, 0.05) is 17.4 Å². The van der Waals surface area contributed by atoms with Crippen molar-refractivity contribution in [2.24, 2.45) is 0 Å². The van der Waals surface area contributed by atoms with Crippen LogP contribution < -0.4 is 10.6 Å². The van der Waals surface area contributed by atoms with E-state index in [1.165, 1.54) is 6.07 Å². The topological polar surface area (TPSA) is 41.9 Å². The number of halogens is 3. The molecule has 28 heavy (non-hydrogen) atoms. The maximum absolute atomic E-state index is 12.9. The van der Waals surface area contributed by atoms with Gasteiger partial charge in [-0.25, -0.2) is 0 Å². The normalized spacial score (nSPS) is 11.3. The van der Waals surface area contributed by atoms with E-state index in [4.69, 9.17) is 12.2 Å². The summed E-state index contributed by atoms with van der Waals surface area (Å²) in [7, 11) is 0. The van der Waals surface area contributed by atoms with E-state index in [-0.39, 0.29) is 6.54 Å². The van der Waals surface area contributed by atoms with Gasteiger partial charge in [-0.05, 0) is 55.4 Å². The Hall–Kier alpha value is -2.87. The smallest absolute Gasteiger partial charge is 0.332 e. The average molecular weight is 404 g/mol. The molecule has 3 rings (SSSR count). The molecule has 2 aromatic carbocycles. The van der Waals surface area contributed by atoms with Crippen molar-refractivity contribution in [2.45, 2.75) is 26.6 Å². The Kier molecular flexibility index (Phi) is 5.69.